The number of aryl methyl sites for hydroxylation is 1. The van der Waals surface area contributed by atoms with Gasteiger partial charge in [0.2, 0.25) is 0 Å². The highest BCUT2D eigenvalue weighted by Gasteiger charge is 2.39. The van der Waals surface area contributed by atoms with Crippen molar-refractivity contribution in [1.29, 1.82) is 0 Å². The van der Waals surface area contributed by atoms with Crippen LogP contribution in [0.3, 0.4) is 0 Å². The molecule has 1 amide bonds. The average molecular weight is 579 g/mol. The van der Waals surface area contributed by atoms with Crippen molar-refractivity contribution < 1.29 is 18.5 Å². The van der Waals surface area contributed by atoms with Crippen molar-refractivity contribution in [3.63, 3.8) is 0 Å². The summed E-state index contributed by atoms with van der Waals surface area (Å²) < 4.78 is 28.7. The number of fused-ring (bicyclic) bond motifs is 2. The minimum atomic E-state index is -1.49. The van der Waals surface area contributed by atoms with E-state index in [0.29, 0.717) is 30.6 Å². The summed E-state index contributed by atoms with van der Waals surface area (Å²) >= 11 is 0. The van der Waals surface area contributed by atoms with E-state index in [0.717, 1.165) is 50.2 Å². The molecular weight excluding hydrogens is 532 g/mol. The fraction of sp³-hybridized carbons (Fsp3) is 0.559. The molecule has 7 heteroatoms. The second-order valence-electron chi connectivity index (χ2n) is 12.0. The van der Waals surface area contributed by atoms with Crippen LogP contribution in [0.1, 0.15) is 80.8 Å². The van der Waals surface area contributed by atoms with Gasteiger partial charge in [-0.25, -0.2) is 4.21 Å². The summed E-state index contributed by atoms with van der Waals surface area (Å²) in [6.07, 6.45) is 9.77. The SMILES string of the molecule is CCCc1ccccc1C1COc2ccc3cc2N(C1)CC1CCC1C(OCC)/C=C/CC(C)C(C)S(=O)NC3=O. The predicted molar refractivity (Wildman–Crippen MR) is 167 cm³/mol. The van der Waals surface area contributed by atoms with Crippen LogP contribution in [0.25, 0.3) is 0 Å². The number of carbonyl (C=O) groups is 1. The Labute approximate surface area is 248 Å². The largest absolute Gasteiger partial charge is 0.491 e. The molecule has 0 radical (unpaired) electrons. The van der Waals surface area contributed by atoms with E-state index in [2.05, 4.69) is 66.8 Å². The van der Waals surface area contributed by atoms with Crippen LogP contribution < -0.4 is 14.4 Å². The van der Waals surface area contributed by atoms with E-state index >= 15 is 0 Å². The molecule has 7 unspecified atom stereocenters. The molecule has 6 nitrogen and oxygen atoms in total. The third-order valence-electron chi connectivity index (χ3n) is 9.34. The highest BCUT2D eigenvalue weighted by molar-refractivity contribution is 7.84. The summed E-state index contributed by atoms with van der Waals surface area (Å²) in [7, 11) is -1.49. The molecule has 5 rings (SSSR count). The van der Waals surface area contributed by atoms with Crippen LogP contribution in [0.5, 0.6) is 5.75 Å². The van der Waals surface area contributed by atoms with Crippen LogP contribution in [0.4, 0.5) is 5.69 Å². The van der Waals surface area contributed by atoms with E-state index in [1.54, 1.807) is 6.07 Å². The number of carbonyl (C=O) groups excluding carboxylic acids is 1. The average Bonchev–Trinajstić information content (AvgIpc) is 3.14. The maximum Gasteiger partial charge on any atom is 0.263 e. The molecule has 7 atom stereocenters. The Hall–Kier alpha value is -2.64. The molecule has 1 aliphatic carbocycles. The third-order valence-corrected chi connectivity index (χ3v) is 10.9. The molecule has 2 aromatic rings. The number of hydrogen-bond donors (Lipinski definition) is 1. The van der Waals surface area contributed by atoms with Crippen molar-refractivity contribution in [3.8, 4) is 5.75 Å². The van der Waals surface area contributed by atoms with Crippen molar-refractivity contribution in [3.05, 3.63) is 71.3 Å². The molecule has 222 valence electrons. The van der Waals surface area contributed by atoms with Crippen molar-refractivity contribution in [2.45, 2.75) is 77.1 Å². The van der Waals surface area contributed by atoms with Gasteiger partial charge in [-0.2, -0.15) is 0 Å². The van der Waals surface area contributed by atoms with Crippen LogP contribution in [-0.2, 0) is 22.1 Å². The number of hydrogen-bond acceptors (Lipinski definition) is 5. The number of amides is 1. The van der Waals surface area contributed by atoms with Gasteiger partial charge < -0.3 is 14.4 Å². The molecule has 2 aliphatic heterocycles. The quantitative estimate of drug-likeness (QED) is 0.414. The fourth-order valence-corrected chi connectivity index (χ4v) is 7.57. The second-order valence-corrected chi connectivity index (χ2v) is 13.6. The first kappa shape index (κ1) is 29.8. The van der Waals surface area contributed by atoms with Gasteiger partial charge >= 0.3 is 0 Å². The molecule has 0 spiro atoms. The van der Waals surface area contributed by atoms with Gasteiger partial charge in [0.05, 0.1) is 23.6 Å². The molecule has 2 heterocycles. The van der Waals surface area contributed by atoms with E-state index in [1.807, 2.05) is 19.1 Å². The minimum absolute atomic E-state index is 0.0782. The van der Waals surface area contributed by atoms with Crippen LogP contribution in [0.15, 0.2) is 54.6 Å². The summed E-state index contributed by atoms with van der Waals surface area (Å²) in [5.41, 5.74) is 4.20. The van der Waals surface area contributed by atoms with Gasteiger partial charge in [-0.1, -0.05) is 56.7 Å². The molecule has 0 saturated heterocycles. The first-order valence-corrected chi connectivity index (χ1v) is 16.7. The van der Waals surface area contributed by atoms with Gasteiger partial charge in [-0.15, -0.1) is 0 Å². The van der Waals surface area contributed by atoms with Crippen molar-refractivity contribution in [2.75, 3.05) is 31.2 Å². The van der Waals surface area contributed by atoms with Gasteiger partial charge in [-0.3, -0.25) is 9.52 Å². The first-order chi connectivity index (χ1) is 19.9. The molecule has 41 heavy (non-hydrogen) atoms. The topological polar surface area (TPSA) is 67.9 Å². The smallest absolute Gasteiger partial charge is 0.263 e. The lowest BCUT2D eigenvalue weighted by Crippen LogP contribution is -2.44. The van der Waals surface area contributed by atoms with E-state index in [1.165, 1.54) is 17.5 Å². The third kappa shape index (κ3) is 6.72. The Bertz CT molecular complexity index is 1260. The Balaban J connectivity index is 1.53. The molecule has 1 N–H and O–H groups in total. The standard InChI is InChI=1S/C34H46N2O4S/c1-5-10-25-12-7-8-13-29(25)28-21-36-20-27-15-17-30(27)32(39-6-2)14-9-11-23(3)24(4)41(38)35-34(37)26-16-18-33(40-22-28)31(36)19-26/h7-9,12-14,16,18-19,23-24,27-28,30,32H,5-6,10-11,15,17,20-22H2,1-4H3,(H,35,37)/b14-9+. The number of anilines is 1. The molecule has 2 aromatic carbocycles. The van der Waals surface area contributed by atoms with Gasteiger partial charge in [-0.05, 0) is 86.6 Å². The van der Waals surface area contributed by atoms with Crippen molar-refractivity contribution in [1.82, 2.24) is 4.72 Å². The lowest BCUT2D eigenvalue weighted by molar-refractivity contribution is -0.00843. The summed E-state index contributed by atoms with van der Waals surface area (Å²) in [5, 5.41) is -0.178. The zero-order valence-electron chi connectivity index (χ0n) is 25.0. The number of rotatable bonds is 5. The van der Waals surface area contributed by atoms with Gasteiger partial charge in [0.1, 0.15) is 16.7 Å². The summed E-state index contributed by atoms with van der Waals surface area (Å²) in [6, 6.07) is 14.4. The van der Waals surface area contributed by atoms with E-state index in [-0.39, 0.29) is 29.1 Å². The van der Waals surface area contributed by atoms with Crippen LogP contribution in [0.2, 0.25) is 0 Å². The predicted octanol–water partition coefficient (Wildman–Crippen LogP) is 6.43. The molecule has 0 aromatic heterocycles. The Morgan fingerprint density at radius 2 is 1.93 bits per heavy atom. The first-order valence-electron chi connectivity index (χ1n) is 15.5. The zero-order chi connectivity index (χ0) is 28.9. The Kier molecular flexibility index (Phi) is 9.87. The van der Waals surface area contributed by atoms with Gasteiger partial charge in [0.15, 0.2) is 0 Å². The van der Waals surface area contributed by atoms with E-state index < -0.39 is 11.0 Å². The number of nitrogens with one attached hydrogen (secondary N) is 1. The fourth-order valence-electron chi connectivity index (χ4n) is 6.55. The van der Waals surface area contributed by atoms with Crippen LogP contribution in [-0.4, -0.2) is 47.8 Å². The van der Waals surface area contributed by atoms with Gasteiger partial charge in [0, 0.05) is 31.2 Å². The maximum atomic E-state index is 13.3. The number of ether oxygens (including phenoxy) is 2. The summed E-state index contributed by atoms with van der Waals surface area (Å²) in [4.78, 5) is 15.7. The maximum absolute atomic E-state index is 13.3. The zero-order valence-corrected chi connectivity index (χ0v) is 25.8. The summed E-state index contributed by atoms with van der Waals surface area (Å²) in [6.45, 7) is 11.3. The monoisotopic (exact) mass is 578 g/mol. The van der Waals surface area contributed by atoms with Crippen LogP contribution in [0, 0.1) is 17.8 Å². The molecule has 3 aliphatic rings. The minimum Gasteiger partial charge on any atom is -0.491 e. The highest BCUT2D eigenvalue weighted by Crippen LogP contribution is 2.43. The highest BCUT2D eigenvalue weighted by atomic mass is 32.2. The molecule has 2 bridgehead atoms. The Morgan fingerprint density at radius 1 is 1.10 bits per heavy atom. The molecular formula is C34H46N2O4S. The number of benzene rings is 2. The van der Waals surface area contributed by atoms with Crippen molar-refractivity contribution >= 4 is 22.6 Å². The summed E-state index contributed by atoms with van der Waals surface area (Å²) in [5.74, 6) is 1.80. The number of nitrogens with zero attached hydrogens (tertiary/aromatic N) is 1. The second kappa shape index (κ2) is 13.6. The lowest BCUT2D eigenvalue weighted by atomic mass is 9.70. The molecule has 1 saturated carbocycles. The lowest BCUT2D eigenvalue weighted by Gasteiger charge is -2.44. The van der Waals surface area contributed by atoms with Gasteiger partial charge in [0.25, 0.3) is 5.91 Å². The van der Waals surface area contributed by atoms with Crippen molar-refractivity contribution in [2.24, 2.45) is 17.8 Å². The Morgan fingerprint density at radius 3 is 2.68 bits per heavy atom. The normalized spacial score (nSPS) is 31.2. The number of allylic oxidation sites excluding steroid dienone is 1. The van der Waals surface area contributed by atoms with Crippen LogP contribution >= 0.6 is 0 Å². The van der Waals surface area contributed by atoms with E-state index in [4.69, 9.17) is 9.47 Å². The molecule has 1 fully saturated rings. The van der Waals surface area contributed by atoms with E-state index in [9.17, 15) is 9.00 Å².